The van der Waals surface area contributed by atoms with Gasteiger partial charge in [0.2, 0.25) is 11.8 Å². The first-order valence-corrected chi connectivity index (χ1v) is 11.2. The molecule has 164 valence electrons. The molecular weight excluding hydrogens is 416 g/mol. The monoisotopic (exact) mass is 442 g/mol. The van der Waals surface area contributed by atoms with E-state index in [4.69, 9.17) is 9.26 Å². The van der Waals surface area contributed by atoms with Crippen LogP contribution in [0.2, 0.25) is 0 Å². The predicted molar refractivity (Wildman–Crippen MR) is 117 cm³/mol. The summed E-state index contributed by atoms with van der Waals surface area (Å²) >= 11 is 1.46. The number of hydrogen-bond donors (Lipinski definition) is 1. The molecule has 1 saturated heterocycles. The zero-order chi connectivity index (χ0) is 22.0. The van der Waals surface area contributed by atoms with Crippen molar-refractivity contribution in [2.24, 2.45) is 0 Å². The molecule has 0 radical (unpaired) electrons. The van der Waals surface area contributed by atoms with Gasteiger partial charge in [-0.15, -0.1) is 11.3 Å². The summed E-state index contributed by atoms with van der Waals surface area (Å²) in [6, 6.07) is 7.97. The maximum absolute atomic E-state index is 12.9. The Labute approximate surface area is 184 Å². The first-order chi connectivity index (χ1) is 14.9. The summed E-state index contributed by atoms with van der Waals surface area (Å²) in [5.74, 6) is 0.930. The minimum Gasteiger partial charge on any atom is -0.370 e. The highest BCUT2D eigenvalue weighted by molar-refractivity contribution is 7.21. The third kappa shape index (κ3) is 4.77. The van der Waals surface area contributed by atoms with Gasteiger partial charge in [-0.05, 0) is 32.2 Å². The third-order valence-corrected chi connectivity index (χ3v) is 6.31. The molecule has 1 aliphatic rings. The van der Waals surface area contributed by atoms with Gasteiger partial charge in [0.1, 0.15) is 6.10 Å². The highest BCUT2D eigenvalue weighted by Gasteiger charge is 2.31. The van der Waals surface area contributed by atoms with Gasteiger partial charge >= 0.3 is 0 Å². The second-order valence-corrected chi connectivity index (χ2v) is 8.96. The van der Waals surface area contributed by atoms with E-state index in [-0.39, 0.29) is 24.0 Å². The predicted octanol–water partition coefficient (Wildman–Crippen LogP) is 3.26. The molecule has 0 bridgehead atoms. The lowest BCUT2D eigenvalue weighted by Crippen LogP contribution is -2.42. The van der Waals surface area contributed by atoms with Crippen LogP contribution in [-0.4, -0.2) is 52.6 Å². The van der Waals surface area contributed by atoms with Gasteiger partial charge in [0.05, 0.1) is 18.0 Å². The van der Waals surface area contributed by atoms with E-state index in [1.54, 1.807) is 11.8 Å². The fraction of sp³-hybridized carbons (Fsp3) is 0.455. The molecule has 3 aromatic rings. The Morgan fingerprint density at radius 3 is 2.87 bits per heavy atom. The Kier molecular flexibility index (Phi) is 6.33. The number of nitrogens with one attached hydrogen (secondary N) is 1. The summed E-state index contributed by atoms with van der Waals surface area (Å²) in [5.41, 5.74) is 0.865. The minimum absolute atomic E-state index is 0.0110. The molecule has 9 heteroatoms. The zero-order valence-corrected chi connectivity index (χ0v) is 18.7. The Hall–Kier alpha value is -2.78. The standard InChI is InChI=1S/C22H26N4O4S/c1-13(2)23-22(28)21-20(15-6-4-5-7-17(15)31-21)16-12-26(10-11-29-16)19(27)9-8-18-24-14(3)25-30-18/h4-7,13,16H,8-12H2,1-3H3,(H,23,28)/t16-/m1/s1. The maximum Gasteiger partial charge on any atom is 0.261 e. The molecule has 1 fully saturated rings. The summed E-state index contributed by atoms with van der Waals surface area (Å²) < 4.78 is 12.2. The number of thiophene rings is 1. The normalized spacial score (nSPS) is 16.8. The fourth-order valence-corrected chi connectivity index (χ4v) is 4.90. The van der Waals surface area contributed by atoms with Crippen LogP contribution in [0.1, 0.15) is 53.3 Å². The summed E-state index contributed by atoms with van der Waals surface area (Å²) in [7, 11) is 0. The number of aromatic nitrogens is 2. The lowest BCUT2D eigenvalue weighted by atomic mass is 10.0. The molecule has 0 spiro atoms. The van der Waals surface area contributed by atoms with Crippen molar-refractivity contribution in [2.45, 2.75) is 45.8 Å². The lowest BCUT2D eigenvalue weighted by Gasteiger charge is -2.33. The van der Waals surface area contributed by atoms with Gasteiger partial charge in [0, 0.05) is 35.7 Å². The van der Waals surface area contributed by atoms with Crippen LogP contribution in [0.3, 0.4) is 0 Å². The minimum atomic E-state index is -0.354. The second kappa shape index (κ2) is 9.15. The van der Waals surface area contributed by atoms with E-state index >= 15 is 0 Å². The molecule has 0 aliphatic carbocycles. The molecule has 3 heterocycles. The van der Waals surface area contributed by atoms with Gasteiger partial charge in [-0.2, -0.15) is 4.98 Å². The fourth-order valence-electron chi connectivity index (χ4n) is 3.75. The van der Waals surface area contributed by atoms with Crippen LogP contribution in [0.5, 0.6) is 0 Å². The van der Waals surface area contributed by atoms with Gasteiger partial charge in [-0.1, -0.05) is 23.4 Å². The summed E-state index contributed by atoms with van der Waals surface area (Å²) in [6.45, 7) is 6.98. The molecule has 2 aromatic heterocycles. The highest BCUT2D eigenvalue weighted by atomic mass is 32.1. The maximum atomic E-state index is 12.9. The van der Waals surface area contributed by atoms with E-state index in [2.05, 4.69) is 15.5 Å². The van der Waals surface area contributed by atoms with E-state index < -0.39 is 0 Å². The quantitative estimate of drug-likeness (QED) is 0.629. The van der Waals surface area contributed by atoms with E-state index in [1.165, 1.54) is 11.3 Å². The molecule has 0 unspecified atom stereocenters. The van der Waals surface area contributed by atoms with Crippen LogP contribution in [-0.2, 0) is 16.0 Å². The van der Waals surface area contributed by atoms with E-state index in [1.807, 2.05) is 38.1 Å². The van der Waals surface area contributed by atoms with Gasteiger partial charge in [-0.3, -0.25) is 9.59 Å². The summed E-state index contributed by atoms with van der Waals surface area (Å²) in [5, 5.41) is 7.75. The van der Waals surface area contributed by atoms with Crippen molar-refractivity contribution in [3.63, 3.8) is 0 Å². The molecule has 1 N–H and O–H groups in total. The van der Waals surface area contributed by atoms with E-state index in [0.29, 0.717) is 49.1 Å². The van der Waals surface area contributed by atoms with Crippen molar-refractivity contribution in [1.82, 2.24) is 20.4 Å². The number of amides is 2. The first-order valence-electron chi connectivity index (χ1n) is 10.4. The Balaban J connectivity index is 1.54. The van der Waals surface area contributed by atoms with Gasteiger partial charge in [0.15, 0.2) is 5.82 Å². The van der Waals surface area contributed by atoms with Crippen molar-refractivity contribution in [1.29, 1.82) is 0 Å². The molecule has 0 saturated carbocycles. The molecule has 1 atom stereocenters. The lowest BCUT2D eigenvalue weighted by molar-refractivity contribution is -0.139. The molecule has 1 aromatic carbocycles. The number of nitrogens with zero attached hydrogens (tertiary/aromatic N) is 3. The zero-order valence-electron chi connectivity index (χ0n) is 17.9. The van der Waals surface area contributed by atoms with Crippen LogP contribution in [0.25, 0.3) is 10.1 Å². The van der Waals surface area contributed by atoms with Crippen molar-refractivity contribution < 1.29 is 18.8 Å². The number of benzene rings is 1. The number of hydrogen-bond acceptors (Lipinski definition) is 7. The number of ether oxygens (including phenoxy) is 1. The van der Waals surface area contributed by atoms with Crippen molar-refractivity contribution in [2.75, 3.05) is 19.7 Å². The number of carbonyl (C=O) groups excluding carboxylic acids is 2. The number of rotatable bonds is 6. The van der Waals surface area contributed by atoms with Gasteiger partial charge in [0.25, 0.3) is 5.91 Å². The average Bonchev–Trinajstić information content (AvgIpc) is 3.35. The number of aryl methyl sites for hydroxylation is 2. The summed E-state index contributed by atoms with van der Waals surface area (Å²) in [6.07, 6.45) is 0.345. The summed E-state index contributed by atoms with van der Waals surface area (Å²) in [4.78, 5) is 32.3. The van der Waals surface area contributed by atoms with Gasteiger partial charge < -0.3 is 19.5 Å². The van der Waals surface area contributed by atoms with Crippen LogP contribution < -0.4 is 5.32 Å². The molecule has 31 heavy (non-hydrogen) atoms. The largest absolute Gasteiger partial charge is 0.370 e. The molecule has 4 rings (SSSR count). The van der Waals surface area contributed by atoms with Crippen molar-refractivity contribution in [3.8, 4) is 0 Å². The molecule has 8 nitrogen and oxygen atoms in total. The molecule has 1 aliphatic heterocycles. The Morgan fingerprint density at radius 2 is 2.13 bits per heavy atom. The SMILES string of the molecule is Cc1noc(CCC(=O)N2CCO[C@@H](c3c(C(=O)NC(C)C)sc4ccccc34)C2)n1. The van der Waals surface area contributed by atoms with E-state index in [9.17, 15) is 9.59 Å². The highest BCUT2D eigenvalue weighted by Crippen LogP contribution is 2.38. The number of carbonyl (C=O) groups is 2. The number of morpholine rings is 1. The smallest absolute Gasteiger partial charge is 0.261 e. The topological polar surface area (TPSA) is 97.6 Å². The second-order valence-electron chi connectivity index (χ2n) is 7.90. The molecule has 2 amide bonds. The number of fused-ring (bicyclic) bond motifs is 1. The van der Waals surface area contributed by atoms with Gasteiger partial charge in [-0.25, -0.2) is 0 Å². The molecular formula is C22H26N4O4S. The first kappa shape index (κ1) is 21.5. The van der Waals surface area contributed by atoms with Crippen LogP contribution >= 0.6 is 11.3 Å². The Bertz CT molecular complexity index is 1090. The Morgan fingerprint density at radius 1 is 1.32 bits per heavy atom. The van der Waals surface area contributed by atoms with Crippen LogP contribution in [0.4, 0.5) is 0 Å². The van der Waals surface area contributed by atoms with E-state index in [0.717, 1.165) is 15.6 Å². The van der Waals surface area contributed by atoms with Crippen molar-refractivity contribution in [3.05, 3.63) is 46.4 Å². The average molecular weight is 443 g/mol. The third-order valence-electron chi connectivity index (χ3n) is 5.12. The van der Waals surface area contributed by atoms with Crippen LogP contribution in [0.15, 0.2) is 28.8 Å². The van der Waals surface area contributed by atoms with Crippen molar-refractivity contribution >= 4 is 33.2 Å². The van der Waals surface area contributed by atoms with Crippen LogP contribution in [0, 0.1) is 6.92 Å².